The van der Waals surface area contributed by atoms with Gasteiger partial charge in [0.1, 0.15) is 23.1 Å². The number of likely N-dealkylation sites (N-methyl/N-ethyl adjacent to an activating group) is 1. The molecular formula is C23H24ClFN2O5. The van der Waals surface area contributed by atoms with E-state index in [0.717, 1.165) is 0 Å². The third-order valence-corrected chi connectivity index (χ3v) is 5.55. The second-order valence-electron chi connectivity index (χ2n) is 7.50. The summed E-state index contributed by atoms with van der Waals surface area (Å²) in [6.45, 7) is 0.601. The van der Waals surface area contributed by atoms with Gasteiger partial charge in [0.25, 0.3) is 11.7 Å². The quantitative estimate of drug-likeness (QED) is 0.385. The number of methoxy groups -OCH3 is 2. The van der Waals surface area contributed by atoms with Crippen LogP contribution >= 0.6 is 11.6 Å². The summed E-state index contributed by atoms with van der Waals surface area (Å²) in [4.78, 5) is 29.0. The highest BCUT2D eigenvalue weighted by Gasteiger charge is 2.47. The van der Waals surface area contributed by atoms with Crippen molar-refractivity contribution in [2.75, 3.05) is 41.4 Å². The van der Waals surface area contributed by atoms with Crippen molar-refractivity contribution in [3.05, 3.63) is 63.9 Å². The van der Waals surface area contributed by atoms with Crippen LogP contribution in [0.25, 0.3) is 5.76 Å². The van der Waals surface area contributed by atoms with Crippen molar-refractivity contribution in [2.24, 2.45) is 0 Å². The molecule has 1 unspecified atom stereocenters. The van der Waals surface area contributed by atoms with Gasteiger partial charge in [0, 0.05) is 24.7 Å². The van der Waals surface area contributed by atoms with Gasteiger partial charge < -0.3 is 24.4 Å². The lowest BCUT2D eigenvalue weighted by Gasteiger charge is -2.27. The van der Waals surface area contributed by atoms with Crippen LogP contribution in [0.5, 0.6) is 11.5 Å². The van der Waals surface area contributed by atoms with Crippen molar-refractivity contribution < 1.29 is 28.6 Å². The molecule has 1 heterocycles. The van der Waals surface area contributed by atoms with E-state index in [0.29, 0.717) is 12.3 Å². The first kappa shape index (κ1) is 23.6. The largest absolute Gasteiger partial charge is 0.507 e. The van der Waals surface area contributed by atoms with Gasteiger partial charge in [-0.15, -0.1) is 0 Å². The molecule has 0 saturated carbocycles. The second kappa shape index (κ2) is 9.58. The Balaban J connectivity index is 2.25. The minimum absolute atomic E-state index is 0.0882. The van der Waals surface area contributed by atoms with Crippen molar-refractivity contribution in [1.82, 2.24) is 9.80 Å². The molecule has 1 N–H and O–H groups in total. The van der Waals surface area contributed by atoms with E-state index in [4.69, 9.17) is 21.1 Å². The number of ketones is 1. The van der Waals surface area contributed by atoms with Crippen molar-refractivity contribution >= 4 is 29.1 Å². The summed E-state index contributed by atoms with van der Waals surface area (Å²) < 4.78 is 25.3. The number of benzene rings is 2. The standard InChI is InChI=1S/C23H24ClFN2O5/c1-26(2)9-10-27-20(13-7-5-6-8-16(13)25)19(22(29)23(27)30)21(28)14-11-15(24)18(32-4)12-17(14)31-3/h5-8,11-12,20,28H,9-10H2,1-4H3/b21-19+. The Hall–Kier alpha value is -3.10. The fourth-order valence-electron chi connectivity index (χ4n) is 3.63. The van der Waals surface area contributed by atoms with Crippen LogP contribution in [0.4, 0.5) is 4.39 Å². The number of nitrogens with zero attached hydrogens (tertiary/aromatic N) is 2. The lowest BCUT2D eigenvalue weighted by molar-refractivity contribution is -0.140. The molecule has 0 radical (unpaired) electrons. The maximum Gasteiger partial charge on any atom is 0.295 e. The average molecular weight is 463 g/mol. The first-order valence-corrected chi connectivity index (χ1v) is 10.2. The van der Waals surface area contributed by atoms with Gasteiger partial charge in [-0.2, -0.15) is 0 Å². The predicted molar refractivity (Wildman–Crippen MR) is 119 cm³/mol. The number of hydrogen-bond acceptors (Lipinski definition) is 6. The Morgan fingerprint density at radius 1 is 1.16 bits per heavy atom. The van der Waals surface area contributed by atoms with Crippen LogP contribution < -0.4 is 9.47 Å². The molecule has 3 rings (SSSR count). The van der Waals surface area contributed by atoms with Crippen LogP contribution in [0.15, 0.2) is 42.0 Å². The first-order chi connectivity index (χ1) is 15.2. The highest BCUT2D eigenvalue weighted by Crippen LogP contribution is 2.43. The Morgan fingerprint density at radius 2 is 1.81 bits per heavy atom. The number of amides is 1. The number of halogens is 2. The fourth-order valence-corrected chi connectivity index (χ4v) is 3.87. The molecule has 1 saturated heterocycles. The SMILES string of the molecule is COc1cc(OC)c(/C(O)=C2\C(=O)C(=O)N(CCN(C)C)C2c2ccccc2F)cc1Cl. The number of ether oxygens (including phenoxy) is 2. The molecule has 0 bridgehead atoms. The number of aliphatic hydroxyl groups is 1. The summed E-state index contributed by atoms with van der Waals surface area (Å²) in [5.41, 5.74) is -0.0470. The van der Waals surface area contributed by atoms with E-state index in [2.05, 4.69) is 0 Å². The molecule has 0 aliphatic carbocycles. The summed E-state index contributed by atoms with van der Waals surface area (Å²) in [5, 5.41) is 11.4. The second-order valence-corrected chi connectivity index (χ2v) is 7.91. The van der Waals surface area contributed by atoms with E-state index in [1.165, 1.54) is 49.5 Å². The molecule has 9 heteroatoms. The van der Waals surface area contributed by atoms with Crippen LogP contribution in [-0.2, 0) is 9.59 Å². The highest BCUT2D eigenvalue weighted by atomic mass is 35.5. The molecule has 1 aliphatic rings. The van der Waals surface area contributed by atoms with E-state index in [9.17, 15) is 19.1 Å². The average Bonchev–Trinajstić information content (AvgIpc) is 3.01. The van der Waals surface area contributed by atoms with Crippen molar-refractivity contribution in [3.63, 3.8) is 0 Å². The maximum absolute atomic E-state index is 14.8. The highest BCUT2D eigenvalue weighted by molar-refractivity contribution is 6.46. The maximum atomic E-state index is 14.8. The summed E-state index contributed by atoms with van der Waals surface area (Å²) in [7, 11) is 6.44. The van der Waals surface area contributed by atoms with E-state index >= 15 is 0 Å². The number of likely N-dealkylation sites (tertiary alicyclic amines) is 1. The van der Waals surface area contributed by atoms with Gasteiger partial charge in [-0.25, -0.2) is 4.39 Å². The zero-order valence-electron chi connectivity index (χ0n) is 18.2. The van der Waals surface area contributed by atoms with Gasteiger partial charge in [0.05, 0.1) is 36.4 Å². The number of aliphatic hydroxyl groups excluding tert-OH is 1. The van der Waals surface area contributed by atoms with Crippen LogP contribution in [-0.4, -0.2) is 68.0 Å². The molecule has 1 fully saturated rings. The van der Waals surface area contributed by atoms with Crippen molar-refractivity contribution in [1.29, 1.82) is 0 Å². The summed E-state index contributed by atoms with van der Waals surface area (Å²) >= 11 is 6.22. The van der Waals surface area contributed by atoms with E-state index in [1.807, 2.05) is 19.0 Å². The number of carbonyl (C=O) groups excluding carboxylic acids is 2. The van der Waals surface area contributed by atoms with Gasteiger partial charge in [-0.1, -0.05) is 29.8 Å². The summed E-state index contributed by atoms with van der Waals surface area (Å²) in [6, 6.07) is 7.57. The molecule has 0 aromatic heterocycles. The zero-order chi connectivity index (χ0) is 23.6. The number of hydrogen-bond donors (Lipinski definition) is 1. The predicted octanol–water partition coefficient (Wildman–Crippen LogP) is 3.48. The molecule has 1 amide bonds. The minimum Gasteiger partial charge on any atom is -0.507 e. The molecule has 1 atom stereocenters. The van der Waals surface area contributed by atoms with Crippen LogP contribution in [0, 0.1) is 5.82 Å². The number of Topliss-reactive ketones (excluding diaryl/α,β-unsaturated/α-hetero) is 1. The Morgan fingerprint density at radius 3 is 2.41 bits per heavy atom. The molecule has 2 aromatic carbocycles. The Labute approximate surface area is 190 Å². The monoisotopic (exact) mass is 462 g/mol. The smallest absolute Gasteiger partial charge is 0.295 e. The third kappa shape index (κ3) is 4.28. The molecule has 170 valence electrons. The molecule has 7 nitrogen and oxygen atoms in total. The number of carbonyl (C=O) groups is 2. The van der Waals surface area contributed by atoms with Crippen molar-refractivity contribution in [2.45, 2.75) is 6.04 Å². The zero-order valence-corrected chi connectivity index (χ0v) is 18.9. The fraction of sp³-hybridized carbons (Fsp3) is 0.304. The summed E-state index contributed by atoms with van der Waals surface area (Å²) in [6.07, 6.45) is 0. The van der Waals surface area contributed by atoms with Gasteiger partial charge >= 0.3 is 0 Å². The molecule has 0 spiro atoms. The topological polar surface area (TPSA) is 79.3 Å². The Bertz CT molecular complexity index is 1090. The Kier molecular flexibility index (Phi) is 7.06. The lowest BCUT2D eigenvalue weighted by Crippen LogP contribution is -2.35. The molecule has 32 heavy (non-hydrogen) atoms. The molecular weight excluding hydrogens is 439 g/mol. The number of rotatable bonds is 7. The van der Waals surface area contributed by atoms with Gasteiger partial charge in [-0.05, 0) is 26.2 Å². The molecule has 2 aromatic rings. The minimum atomic E-state index is -1.11. The van der Waals surface area contributed by atoms with E-state index in [1.54, 1.807) is 6.07 Å². The summed E-state index contributed by atoms with van der Waals surface area (Å²) in [5.74, 6) is -2.36. The van der Waals surface area contributed by atoms with Crippen molar-refractivity contribution in [3.8, 4) is 11.5 Å². The first-order valence-electron chi connectivity index (χ1n) is 9.80. The van der Waals surface area contributed by atoms with Crippen LogP contribution in [0.3, 0.4) is 0 Å². The normalized spacial score (nSPS) is 17.8. The van der Waals surface area contributed by atoms with Gasteiger partial charge in [0.2, 0.25) is 0 Å². The molecule has 1 aliphatic heterocycles. The van der Waals surface area contributed by atoms with E-state index in [-0.39, 0.29) is 34.0 Å². The van der Waals surface area contributed by atoms with Crippen LogP contribution in [0.2, 0.25) is 5.02 Å². The van der Waals surface area contributed by atoms with Gasteiger partial charge in [0.15, 0.2) is 0 Å². The van der Waals surface area contributed by atoms with Crippen LogP contribution in [0.1, 0.15) is 17.2 Å². The third-order valence-electron chi connectivity index (χ3n) is 5.26. The van der Waals surface area contributed by atoms with E-state index < -0.39 is 29.3 Å². The van der Waals surface area contributed by atoms with Gasteiger partial charge in [-0.3, -0.25) is 9.59 Å². The lowest BCUT2D eigenvalue weighted by atomic mass is 9.94.